The minimum atomic E-state index is 0.591. The molecule has 0 saturated carbocycles. The molecule has 5 heteroatoms. The van der Waals surface area contributed by atoms with Gasteiger partial charge in [-0.05, 0) is 43.3 Å². The molecule has 2 aromatic rings. The fourth-order valence-corrected chi connectivity index (χ4v) is 2.90. The lowest BCUT2D eigenvalue weighted by Crippen LogP contribution is -2.00. The maximum absolute atomic E-state index is 6.16. The van der Waals surface area contributed by atoms with Gasteiger partial charge in [0, 0.05) is 10.5 Å². The normalized spacial score (nSPS) is 13.4. The highest BCUT2D eigenvalue weighted by Crippen LogP contribution is 2.28. The average molecular weight is 278 g/mol. The van der Waals surface area contributed by atoms with Crippen molar-refractivity contribution in [3.8, 4) is 0 Å². The van der Waals surface area contributed by atoms with Crippen molar-refractivity contribution in [3.05, 3.63) is 46.7 Å². The van der Waals surface area contributed by atoms with E-state index < -0.39 is 0 Å². The lowest BCUT2D eigenvalue weighted by atomic mass is 10.3. The molecule has 0 atom stereocenters. The molecule has 0 saturated heterocycles. The molecule has 3 rings (SSSR count). The van der Waals surface area contributed by atoms with Crippen LogP contribution in [-0.2, 0) is 12.8 Å². The van der Waals surface area contributed by atoms with Crippen molar-refractivity contribution >= 4 is 29.5 Å². The van der Waals surface area contributed by atoms with Crippen LogP contribution in [0.4, 0.5) is 5.95 Å². The number of benzene rings is 1. The Hall–Kier alpha value is -1.26. The minimum Gasteiger partial charge on any atom is -0.294 e. The Kier molecular flexibility index (Phi) is 3.39. The van der Waals surface area contributed by atoms with Crippen LogP contribution in [0.25, 0.3) is 0 Å². The number of hydrogen-bond donors (Lipinski definition) is 1. The predicted molar refractivity (Wildman–Crippen MR) is 75.0 cm³/mol. The number of nitrogens with zero attached hydrogens (tertiary/aromatic N) is 2. The van der Waals surface area contributed by atoms with E-state index >= 15 is 0 Å². The molecule has 1 aliphatic rings. The second-order valence-electron chi connectivity index (χ2n) is 4.13. The molecule has 3 nitrogen and oxygen atoms in total. The van der Waals surface area contributed by atoms with Crippen LogP contribution in [0.1, 0.15) is 17.7 Å². The van der Waals surface area contributed by atoms with Gasteiger partial charge in [0.25, 0.3) is 0 Å². The van der Waals surface area contributed by atoms with Gasteiger partial charge in [0.15, 0.2) is 0 Å². The van der Waals surface area contributed by atoms with Crippen LogP contribution in [0.2, 0.25) is 5.15 Å². The third kappa shape index (κ3) is 2.44. The molecule has 1 N–H and O–H groups in total. The molecule has 1 heterocycles. The standard InChI is InChI=1S/C13H12ClN3S/c14-12-10-7-4-8-11(10)15-13(16-12)17-18-9-5-2-1-3-6-9/h1-3,5-6H,4,7-8H2,(H,15,16,17). The third-order valence-electron chi connectivity index (χ3n) is 2.89. The fraction of sp³-hybridized carbons (Fsp3) is 0.231. The van der Waals surface area contributed by atoms with E-state index in [4.69, 9.17) is 11.6 Å². The van der Waals surface area contributed by atoms with E-state index in [-0.39, 0.29) is 0 Å². The first-order valence-corrected chi connectivity index (χ1v) is 7.05. The highest BCUT2D eigenvalue weighted by molar-refractivity contribution is 8.00. The first kappa shape index (κ1) is 11.8. The summed E-state index contributed by atoms with van der Waals surface area (Å²) in [7, 11) is 0. The number of anilines is 1. The van der Waals surface area contributed by atoms with Gasteiger partial charge in [-0.1, -0.05) is 29.8 Å². The van der Waals surface area contributed by atoms with Crippen molar-refractivity contribution in [1.29, 1.82) is 0 Å². The van der Waals surface area contributed by atoms with Crippen LogP contribution in [-0.4, -0.2) is 9.97 Å². The average Bonchev–Trinajstić information content (AvgIpc) is 2.86. The van der Waals surface area contributed by atoms with E-state index in [0.29, 0.717) is 11.1 Å². The zero-order valence-corrected chi connectivity index (χ0v) is 11.3. The Balaban J connectivity index is 1.76. The van der Waals surface area contributed by atoms with Crippen LogP contribution in [0.15, 0.2) is 35.2 Å². The summed E-state index contributed by atoms with van der Waals surface area (Å²) in [6.07, 6.45) is 3.13. The SMILES string of the molecule is Clc1nc(NSc2ccccc2)nc2c1CCC2. The van der Waals surface area contributed by atoms with Crippen molar-refractivity contribution in [2.24, 2.45) is 0 Å². The van der Waals surface area contributed by atoms with Gasteiger partial charge in [0.05, 0.1) is 5.69 Å². The monoisotopic (exact) mass is 277 g/mol. The summed E-state index contributed by atoms with van der Waals surface area (Å²) in [6, 6.07) is 10.1. The largest absolute Gasteiger partial charge is 0.294 e. The second kappa shape index (κ2) is 5.16. The molecule has 0 spiro atoms. The Morgan fingerprint density at radius 3 is 2.78 bits per heavy atom. The minimum absolute atomic E-state index is 0.591. The first-order valence-electron chi connectivity index (χ1n) is 5.86. The van der Waals surface area contributed by atoms with Gasteiger partial charge in [-0.25, -0.2) is 9.97 Å². The molecule has 1 aromatic heterocycles. The molecule has 1 aliphatic carbocycles. The molecule has 18 heavy (non-hydrogen) atoms. The van der Waals surface area contributed by atoms with Crippen LogP contribution < -0.4 is 4.72 Å². The summed E-state index contributed by atoms with van der Waals surface area (Å²) in [5.74, 6) is 0.592. The van der Waals surface area contributed by atoms with E-state index in [1.165, 1.54) is 11.9 Å². The van der Waals surface area contributed by atoms with E-state index in [1.807, 2.05) is 30.3 Å². The maximum Gasteiger partial charge on any atom is 0.234 e. The molecule has 0 fully saturated rings. The summed E-state index contributed by atoms with van der Waals surface area (Å²) in [6.45, 7) is 0. The quantitative estimate of drug-likeness (QED) is 0.685. The smallest absolute Gasteiger partial charge is 0.234 e. The van der Waals surface area contributed by atoms with Crippen molar-refractivity contribution in [3.63, 3.8) is 0 Å². The van der Waals surface area contributed by atoms with E-state index in [2.05, 4.69) is 14.7 Å². The fourth-order valence-electron chi connectivity index (χ4n) is 2.03. The number of hydrogen-bond acceptors (Lipinski definition) is 4. The van der Waals surface area contributed by atoms with Gasteiger partial charge in [-0.15, -0.1) is 0 Å². The van der Waals surface area contributed by atoms with Gasteiger partial charge in [-0.3, -0.25) is 4.72 Å². The topological polar surface area (TPSA) is 37.8 Å². The van der Waals surface area contributed by atoms with Gasteiger partial charge in [0.1, 0.15) is 5.15 Å². The van der Waals surface area contributed by atoms with Crippen LogP contribution in [0.3, 0.4) is 0 Å². The molecular weight excluding hydrogens is 266 g/mol. The summed E-state index contributed by atoms with van der Waals surface area (Å²) in [5, 5.41) is 0.591. The maximum atomic E-state index is 6.16. The summed E-state index contributed by atoms with van der Waals surface area (Å²) >= 11 is 7.65. The van der Waals surface area contributed by atoms with Crippen molar-refractivity contribution in [1.82, 2.24) is 9.97 Å². The first-order chi connectivity index (χ1) is 8.83. The summed E-state index contributed by atoms with van der Waals surface area (Å²) < 4.78 is 3.14. The second-order valence-corrected chi connectivity index (χ2v) is 5.37. The van der Waals surface area contributed by atoms with E-state index in [0.717, 1.165) is 35.4 Å². The summed E-state index contributed by atoms with van der Waals surface area (Å²) in [4.78, 5) is 9.91. The summed E-state index contributed by atoms with van der Waals surface area (Å²) in [5.41, 5.74) is 2.21. The van der Waals surface area contributed by atoms with Crippen LogP contribution in [0, 0.1) is 0 Å². The Labute approximate surface area is 115 Å². The number of aromatic nitrogens is 2. The Morgan fingerprint density at radius 1 is 1.11 bits per heavy atom. The molecule has 0 aliphatic heterocycles. The van der Waals surface area contributed by atoms with Gasteiger partial charge in [0.2, 0.25) is 5.95 Å². The highest BCUT2D eigenvalue weighted by atomic mass is 35.5. The highest BCUT2D eigenvalue weighted by Gasteiger charge is 2.18. The van der Waals surface area contributed by atoms with Crippen LogP contribution >= 0.6 is 23.5 Å². The molecule has 0 amide bonds. The molecule has 0 unspecified atom stereocenters. The Bertz CT molecular complexity index is 560. The lowest BCUT2D eigenvalue weighted by molar-refractivity contribution is 0.900. The van der Waals surface area contributed by atoms with Gasteiger partial charge < -0.3 is 0 Å². The number of fused-ring (bicyclic) bond motifs is 1. The van der Waals surface area contributed by atoms with Crippen molar-refractivity contribution < 1.29 is 0 Å². The Morgan fingerprint density at radius 2 is 1.94 bits per heavy atom. The number of aryl methyl sites for hydroxylation is 1. The molecule has 0 bridgehead atoms. The zero-order valence-electron chi connectivity index (χ0n) is 9.69. The zero-order chi connectivity index (χ0) is 12.4. The van der Waals surface area contributed by atoms with Gasteiger partial charge >= 0.3 is 0 Å². The third-order valence-corrected chi connectivity index (χ3v) is 3.99. The van der Waals surface area contributed by atoms with E-state index in [1.54, 1.807) is 0 Å². The molecule has 92 valence electrons. The number of rotatable bonds is 3. The predicted octanol–water partition coefficient (Wildman–Crippen LogP) is 3.74. The lowest BCUT2D eigenvalue weighted by Gasteiger charge is -2.07. The number of nitrogens with one attached hydrogen (secondary N) is 1. The van der Waals surface area contributed by atoms with Crippen molar-refractivity contribution in [2.45, 2.75) is 24.2 Å². The van der Waals surface area contributed by atoms with Gasteiger partial charge in [-0.2, -0.15) is 0 Å². The molecular formula is C13H12ClN3S. The van der Waals surface area contributed by atoms with Crippen LogP contribution in [0.5, 0.6) is 0 Å². The van der Waals surface area contributed by atoms with Crippen molar-refractivity contribution in [2.75, 3.05) is 4.72 Å². The van der Waals surface area contributed by atoms with E-state index in [9.17, 15) is 0 Å². The number of halogens is 1. The molecule has 1 aromatic carbocycles. The molecule has 0 radical (unpaired) electrons.